The number of piperazine rings is 1. The van der Waals surface area contributed by atoms with E-state index in [4.69, 9.17) is 9.72 Å². The van der Waals surface area contributed by atoms with Crippen LogP contribution in [0.1, 0.15) is 11.8 Å². The van der Waals surface area contributed by atoms with Crippen LogP contribution in [0.25, 0.3) is 16.3 Å². The van der Waals surface area contributed by atoms with Crippen molar-refractivity contribution in [1.29, 1.82) is 0 Å². The largest absolute Gasteiger partial charge is 0.492 e. The number of fused-ring (bicyclic) bond motifs is 1. The highest BCUT2D eigenvalue weighted by atomic mass is 32.1. The maximum absolute atomic E-state index is 12.4. The Hall–Kier alpha value is -2.38. The molecule has 5 nitrogen and oxygen atoms in total. The van der Waals surface area contributed by atoms with E-state index < -0.39 is 0 Å². The number of thiophene rings is 1. The van der Waals surface area contributed by atoms with Crippen LogP contribution in [0.3, 0.4) is 0 Å². The molecule has 0 N–H and O–H groups in total. The molecule has 1 amide bonds. The number of ether oxygens (including phenoxy) is 1. The van der Waals surface area contributed by atoms with Crippen LogP contribution in [-0.2, 0) is 4.79 Å². The molecule has 0 atom stereocenters. The monoisotopic (exact) mass is 399 g/mol. The Morgan fingerprint density at radius 2 is 2.07 bits per heavy atom. The first-order valence-electron chi connectivity index (χ1n) is 9.02. The van der Waals surface area contributed by atoms with Gasteiger partial charge < -0.3 is 14.5 Å². The van der Waals surface area contributed by atoms with Gasteiger partial charge in [-0.15, -0.1) is 11.3 Å². The molecule has 2 aromatic heterocycles. The van der Waals surface area contributed by atoms with Gasteiger partial charge in [-0.25, -0.2) is 4.98 Å². The number of hydrogen-bond donors (Lipinski definition) is 0. The Labute approximate surface area is 166 Å². The van der Waals surface area contributed by atoms with E-state index in [1.807, 2.05) is 47.5 Å². The number of carbonyl (C=O) groups excluding carboxylic acids is 1. The average Bonchev–Trinajstić information content (AvgIpc) is 3.36. The van der Waals surface area contributed by atoms with E-state index >= 15 is 0 Å². The van der Waals surface area contributed by atoms with Crippen molar-refractivity contribution in [1.82, 2.24) is 9.88 Å². The lowest BCUT2D eigenvalue weighted by atomic mass is 10.3. The summed E-state index contributed by atoms with van der Waals surface area (Å²) >= 11 is 3.31. The summed E-state index contributed by atoms with van der Waals surface area (Å²) < 4.78 is 6.82. The zero-order chi connectivity index (χ0) is 18.6. The van der Waals surface area contributed by atoms with Crippen LogP contribution < -0.4 is 9.64 Å². The number of rotatable bonds is 5. The van der Waals surface area contributed by atoms with Crippen molar-refractivity contribution in [2.24, 2.45) is 0 Å². The number of thiazole rings is 1. The number of hydrogen-bond acceptors (Lipinski definition) is 6. The van der Waals surface area contributed by atoms with Crippen molar-refractivity contribution < 1.29 is 9.53 Å². The normalized spacial score (nSPS) is 15.0. The molecule has 27 heavy (non-hydrogen) atoms. The van der Waals surface area contributed by atoms with Crippen molar-refractivity contribution in [2.45, 2.75) is 6.92 Å². The van der Waals surface area contributed by atoms with Crippen molar-refractivity contribution >= 4 is 50.0 Å². The van der Waals surface area contributed by atoms with Gasteiger partial charge in [-0.2, -0.15) is 0 Å². The summed E-state index contributed by atoms with van der Waals surface area (Å²) in [5.74, 6) is 0.913. The number of anilines is 1. The van der Waals surface area contributed by atoms with Crippen LogP contribution in [-0.4, -0.2) is 48.6 Å². The van der Waals surface area contributed by atoms with E-state index in [1.54, 1.807) is 28.7 Å². The van der Waals surface area contributed by atoms with Gasteiger partial charge in [-0.05, 0) is 36.6 Å². The molecule has 4 rings (SSSR count). The summed E-state index contributed by atoms with van der Waals surface area (Å²) in [4.78, 5) is 22.4. The molecule has 3 aromatic rings. The minimum atomic E-state index is 0.0750. The maximum atomic E-state index is 12.4. The molecule has 140 valence electrons. The second-order valence-electron chi connectivity index (χ2n) is 6.19. The van der Waals surface area contributed by atoms with E-state index in [0.717, 1.165) is 39.1 Å². The summed E-state index contributed by atoms with van der Waals surface area (Å²) in [7, 11) is 0. The topological polar surface area (TPSA) is 45.7 Å². The molecule has 0 aliphatic carbocycles. The van der Waals surface area contributed by atoms with Gasteiger partial charge in [-0.3, -0.25) is 4.79 Å². The Balaban J connectivity index is 1.41. The molecule has 0 saturated carbocycles. The SMILES string of the molecule is CCOc1cccc2sc(N3CCN(C(=O)/C=C/c4cccs4)CC3)nc12. The molecule has 1 fully saturated rings. The van der Waals surface area contributed by atoms with Gasteiger partial charge in [0.2, 0.25) is 5.91 Å². The molecule has 7 heteroatoms. The Morgan fingerprint density at radius 1 is 1.22 bits per heavy atom. The van der Waals surface area contributed by atoms with Crippen molar-refractivity contribution in [3.05, 3.63) is 46.7 Å². The Kier molecular flexibility index (Phi) is 5.40. The third kappa shape index (κ3) is 3.99. The lowest BCUT2D eigenvalue weighted by Gasteiger charge is -2.34. The number of benzene rings is 1. The van der Waals surface area contributed by atoms with Gasteiger partial charge in [0.25, 0.3) is 0 Å². The molecule has 1 aliphatic rings. The first kappa shape index (κ1) is 18.0. The number of amides is 1. The molecular formula is C20H21N3O2S2. The quantitative estimate of drug-likeness (QED) is 0.606. The molecule has 0 unspecified atom stereocenters. The highest BCUT2D eigenvalue weighted by Crippen LogP contribution is 2.34. The first-order valence-corrected chi connectivity index (χ1v) is 10.7. The summed E-state index contributed by atoms with van der Waals surface area (Å²) in [5, 5.41) is 3.01. The molecule has 0 radical (unpaired) electrons. The average molecular weight is 400 g/mol. The lowest BCUT2D eigenvalue weighted by molar-refractivity contribution is -0.126. The number of para-hydroxylation sites is 1. The van der Waals surface area contributed by atoms with Crippen molar-refractivity contribution in [2.75, 3.05) is 37.7 Å². The van der Waals surface area contributed by atoms with Crippen LogP contribution in [0.2, 0.25) is 0 Å². The minimum Gasteiger partial charge on any atom is -0.492 e. The molecular weight excluding hydrogens is 378 g/mol. The Morgan fingerprint density at radius 3 is 2.81 bits per heavy atom. The van der Waals surface area contributed by atoms with Crippen LogP contribution in [0.5, 0.6) is 5.75 Å². The van der Waals surface area contributed by atoms with E-state index in [2.05, 4.69) is 11.0 Å². The number of nitrogens with zero attached hydrogens (tertiary/aromatic N) is 3. The summed E-state index contributed by atoms with van der Waals surface area (Å²) in [6, 6.07) is 10.0. The van der Waals surface area contributed by atoms with Crippen LogP contribution in [0.15, 0.2) is 41.8 Å². The summed E-state index contributed by atoms with van der Waals surface area (Å²) in [6.07, 6.45) is 3.57. The zero-order valence-corrected chi connectivity index (χ0v) is 16.8. The van der Waals surface area contributed by atoms with E-state index in [1.165, 1.54) is 0 Å². The summed E-state index contributed by atoms with van der Waals surface area (Å²) in [5.41, 5.74) is 0.928. The van der Waals surface area contributed by atoms with Gasteiger partial charge >= 0.3 is 0 Å². The predicted octanol–water partition coefficient (Wildman–Crippen LogP) is 4.12. The second-order valence-corrected chi connectivity index (χ2v) is 8.18. The molecule has 0 spiro atoms. The Bertz CT molecular complexity index is 941. The highest BCUT2D eigenvalue weighted by molar-refractivity contribution is 7.22. The van der Waals surface area contributed by atoms with Gasteiger partial charge in [0.05, 0.1) is 11.3 Å². The van der Waals surface area contributed by atoms with Crippen LogP contribution >= 0.6 is 22.7 Å². The predicted molar refractivity (Wildman–Crippen MR) is 113 cm³/mol. The highest BCUT2D eigenvalue weighted by Gasteiger charge is 2.22. The van der Waals surface area contributed by atoms with Crippen molar-refractivity contribution in [3.63, 3.8) is 0 Å². The standard InChI is InChI=1S/C20H21N3O2S2/c1-2-25-16-6-3-7-17-19(16)21-20(27-17)23-12-10-22(11-13-23)18(24)9-8-15-5-4-14-26-15/h3-9,14H,2,10-13H2,1H3/b9-8+. The fraction of sp³-hybridized carbons (Fsp3) is 0.300. The van der Waals surface area contributed by atoms with Crippen LogP contribution in [0.4, 0.5) is 5.13 Å². The fourth-order valence-corrected chi connectivity index (χ4v) is 4.73. The molecule has 0 bridgehead atoms. The molecule has 1 saturated heterocycles. The van der Waals surface area contributed by atoms with E-state index in [9.17, 15) is 4.79 Å². The smallest absolute Gasteiger partial charge is 0.246 e. The maximum Gasteiger partial charge on any atom is 0.246 e. The fourth-order valence-electron chi connectivity index (χ4n) is 3.08. The number of aromatic nitrogens is 1. The zero-order valence-electron chi connectivity index (χ0n) is 15.1. The van der Waals surface area contributed by atoms with Gasteiger partial charge in [0.15, 0.2) is 5.13 Å². The number of carbonyl (C=O) groups is 1. The van der Waals surface area contributed by atoms with Gasteiger partial charge in [-0.1, -0.05) is 23.5 Å². The molecule has 1 aliphatic heterocycles. The van der Waals surface area contributed by atoms with Crippen LogP contribution in [0, 0.1) is 0 Å². The van der Waals surface area contributed by atoms with Crippen molar-refractivity contribution in [3.8, 4) is 5.75 Å². The van der Waals surface area contributed by atoms with E-state index in [-0.39, 0.29) is 5.91 Å². The third-order valence-corrected chi connectivity index (χ3v) is 6.38. The molecule has 1 aromatic carbocycles. The third-order valence-electron chi connectivity index (χ3n) is 4.47. The summed E-state index contributed by atoms with van der Waals surface area (Å²) in [6.45, 7) is 5.62. The second kappa shape index (κ2) is 8.10. The van der Waals surface area contributed by atoms with Gasteiger partial charge in [0, 0.05) is 37.1 Å². The van der Waals surface area contributed by atoms with Gasteiger partial charge in [0.1, 0.15) is 11.3 Å². The molecule has 3 heterocycles. The lowest BCUT2D eigenvalue weighted by Crippen LogP contribution is -2.48. The minimum absolute atomic E-state index is 0.0750. The first-order chi connectivity index (χ1) is 13.2. The van der Waals surface area contributed by atoms with E-state index in [0.29, 0.717) is 19.7 Å².